The van der Waals surface area contributed by atoms with Crippen molar-refractivity contribution in [1.82, 2.24) is 0 Å². The largest absolute Gasteiger partial charge is 0.377 e. The molecule has 1 atom stereocenters. The lowest BCUT2D eigenvalue weighted by atomic mass is 10.2. The van der Waals surface area contributed by atoms with Crippen molar-refractivity contribution in [2.45, 2.75) is 25.9 Å². The molecule has 1 unspecified atom stereocenters. The van der Waals surface area contributed by atoms with Crippen LogP contribution in [0.25, 0.3) is 0 Å². The first-order chi connectivity index (χ1) is 6.86. The lowest BCUT2D eigenvalue weighted by Crippen LogP contribution is -2.23. The number of benzene rings is 1. The molecular weight excluding hydrogens is 174 g/mol. The van der Waals surface area contributed by atoms with E-state index in [1.165, 1.54) is 5.56 Å². The normalized spacial score (nSPS) is 12.7. The molecule has 0 aromatic heterocycles. The minimum absolute atomic E-state index is 0.221. The summed E-state index contributed by atoms with van der Waals surface area (Å²) in [6.07, 6.45) is 2.18. The van der Waals surface area contributed by atoms with Crippen molar-refractivity contribution in [2.24, 2.45) is 5.73 Å². The summed E-state index contributed by atoms with van der Waals surface area (Å²) in [5, 5.41) is 0. The molecule has 78 valence electrons. The highest BCUT2D eigenvalue weighted by molar-refractivity contribution is 5.14. The van der Waals surface area contributed by atoms with E-state index in [9.17, 15) is 0 Å². The highest BCUT2D eigenvalue weighted by Crippen LogP contribution is 2.02. The van der Waals surface area contributed by atoms with Gasteiger partial charge in [-0.15, -0.1) is 0 Å². The average Bonchev–Trinajstić information content (AvgIpc) is 2.26. The van der Waals surface area contributed by atoms with Crippen LogP contribution in [0, 0.1) is 0 Å². The zero-order valence-corrected chi connectivity index (χ0v) is 8.78. The first kappa shape index (κ1) is 11.2. The van der Waals surface area contributed by atoms with Crippen molar-refractivity contribution in [1.29, 1.82) is 0 Å². The van der Waals surface area contributed by atoms with Gasteiger partial charge < -0.3 is 10.5 Å². The molecule has 2 nitrogen and oxygen atoms in total. The Kier molecular flexibility index (Phi) is 5.27. The van der Waals surface area contributed by atoms with E-state index < -0.39 is 0 Å². The molecule has 1 aromatic rings. The summed E-state index contributed by atoms with van der Waals surface area (Å²) in [5.41, 5.74) is 6.86. The third-order valence-corrected chi connectivity index (χ3v) is 2.31. The van der Waals surface area contributed by atoms with Crippen LogP contribution < -0.4 is 5.73 Å². The molecular formula is C12H19NO. The van der Waals surface area contributed by atoms with E-state index in [0.717, 1.165) is 19.4 Å². The first-order valence-electron chi connectivity index (χ1n) is 5.22. The zero-order valence-electron chi connectivity index (χ0n) is 8.78. The number of hydrogen-bond acceptors (Lipinski definition) is 2. The van der Waals surface area contributed by atoms with Crippen molar-refractivity contribution in [3.63, 3.8) is 0 Å². The second-order valence-electron chi connectivity index (χ2n) is 3.37. The molecule has 0 saturated heterocycles. The molecule has 0 aliphatic carbocycles. The Bertz CT molecular complexity index is 231. The van der Waals surface area contributed by atoms with Crippen LogP contribution in [-0.4, -0.2) is 19.3 Å². The molecule has 0 aliphatic rings. The Morgan fingerprint density at radius 3 is 2.57 bits per heavy atom. The van der Waals surface area contributed by atoms with E-state index in [2.05, 4.69) is 31.2 Å². The van der Waals surface area contributed by atoms with Gasteiger partial charge in [-0.3, -0.25) is 0 Å². The Morgan fingerprint density at radius 1 is 1.29 bits per heavy atom. The predicted molar refractivity (Wildman–Crippen MR) is 59.2 cm³/mol. The van der Waals surface area contributed by atoms with Gasteiger partial charge in [0, 0.05) is 6.54 Å². The topological polar surface area (TPSA) is 35.2 Å². The van der Waals surface area contributed by atoms with E-state index in [4.69, 9.17) is 10.5 Å². The molecule has 2 N–H and O–H groups in total. The Balaban J connectivity index is 2.21. The molecule has 2 heteroatoms. The zero-order chi connectivity index (χ0) is 10.2. The van der Waals surface area contributed by atoms with Crippen LogP contribution in [0.1, 0.15) is 18.9 Å². The highest BCUT2D eigenvalue weighted by Gasteiger charge is 2.02. The molecule has 0 aliphatic heterocycles. The van der Waals surface area contributed by atoms with Crippen LogP contribution in [0.2, 0.25) is 0 Å². The van der Waals surface area contributed by atoms with Crippen molar-refractivity contribution in [3.05, 3.63) is 35.9 Å². The van der Waals surface area contributed by atoms with E-state index in [0.29, 0.717) is 6.54 Å². The third-order valence-electron chi connectivity index (χ3n) is 2.31. The number of nitrogens with two attached hydrogens (primary N) is 1. The Labute approximate surface area is 86.1 Å². The van der Waals surface area contributed by atoms with Crippen LogP contribution in [0.4, 0.5) is 0 Å². The maximum Gasteiger partial charge on any atom is 0.0694 e. The van der Waals surface area contributed by atoms with E-state index in [-0.39, 0.29) is 6.10 Å². The van der Waals surface area contributed by atoms with Gasteiger partial charge in [0.25, 0.3) is 0 Å². The molecule has 0 amide bonds. The van der Waals surface area contributed by atoms with Crippen molar-refractivity contribution in [2.75, 3.05) is 13.2 Å². The molecule has 14 heavy (non-hydrogen) atoms. The average molecular weight is 193 g/mol. The van der Waals surface area contributed by atoms with Crippen LogP contribution in [0.5, 0.6) is 0 Å². The second kappa shape index (κ2) is 6.57. The third kappa shape index (κ3) is 3.90. The van der Waals surface area contributed by atoms with Gasteiger partial charge in [0.05, 0.1) is 12.7 Å². The summed E-state index contributed by atoms with van der Waals surface area (Å²) in [6, 6.07) is 10.4. The predicted octanol–water partition coefficient (Wildman–Crippen LogP) is 1.98. The molecule has 0 radical (unpaired) electrons. The summed E-state index contributed by atoms with van der Waals surface area (Å²) in [5.74, 6) is 0. The summed E-state index contributed by atoms with van der Waals surface area (Å²) in [7, 11) is 0. The van der Waals surface area contributed by atoms with Gasteiger partial charge in [0.15, 0.2) is 0 Å². The van der Waals surface area contributed by atoms with Crippen molar-refractivity contribution >= 4 is 0 Å². The molecule has 1 rings (SSSR count). The van der Waals surface area contributed by atoms with Gasteiger partial charge in [0.1, 0.15) is 0 Å². The minimum Gasteiger partial charge on any atom is -0.377 e. The lowest BCUT2D eigenvalue weighted by Gasteiger charge is -2.13. The van der Waals surface area contributed by atoms with Crippen LogP contribution >= 0.6 is 0 Å². The molecule has 0 saturated carbocycles. The monoisotopic (exact) mass is 193 g/mol. The maximum absolute atomic E-state index is 5.62. The van der Waals surface area contributed by atoms with Gasteiger partial charge in [-0.2, -0.15) is 0 Å². The van der Waals surface area contributed by atoms with Gasteiger partial charge in [0.2, 0.25) is 0 Å². The Morgan fingerprint density at radius 2 is 2.00 bits per heavy atom. The SMILES string of the molecule is CCC(CN)OCCc1ccccc1. The van der Waals surface area contributed by atoms with Gasteiger partial charge in [-0.25, -0.2) is 0 Å². The number of rotatable bonds is 6. The fourth-order valence-corrected chi connectivity index (χ4v) is 1.34. The highest BCUT2D eigenvalue weighted by atomic mass is 16.5. The van der Waals surface area contributed by atoms with E-state index in [1.807, 2.05) is 6.07 Å². The summed E-state index contributed by atoms with van der Waals surface area (Å²) in [4.78, 5) is 0. The van der Waals surface area contributed by atoms with Gasteiger partial charge in [-0.1, -0.05) is 37.3 Å². The maximum atomic E-state index is 5.62. The summed E-state index contributed by atoms with van der Waals surface area (Å²) in [6.45, 7) is 3.48. The minimum atomic E-state index is 0.221. The van der Waals surface area contributed by atoms with Crippen LogP contribution in [0.15, 0.2) is 30.3 Å². The second-order valence-corrected chi connectivity index (χ2v) is 3.37. The van der Waals surface area contributed by atoms with Crippen molar-refractivity contribution < 1.29 is 4.74 Å². The molecule has 0 spiro atoms. The number of ether oxygens (including phenoxy) is 1. The van der Waals surface area contributed by atoms with Crippen molar-refractivity contribution in [3.8, 4) is 0 Å². The summed E-state index contributed by atoms with van der Waals surface area (Å²) < 4.78 is 5.62. The molecule has 1 aromatic carbocycles. The van der Waals surface area contributed by atoms with Gasteiger partial charge >= 0.3 is 0 Å². The quantitative estimate of drug-likeness (QED) is 0.749. The Hall–Kier alpha value is -0.860. The fraction of sp³-hybridized carbons (Fsp3) is 0.500. The molecule has 0 bridgehead atoms. The van der Waals surface area contributed by atoms with Crippen LogP contribution in [-0.2, 0) is 11.2 Å². The van der Waals surface area contributed by atoms with E-state index in [1.54, 1.807) is 0 Å². The summed E-state index contributed by atoms with van der Waals surface area (Å²) >= 11 is 0. The molecule has 0 heterocycles. The lowest BCUT2D eigenvalue weighted by molar-refractivity contribution is 0.0589. The first-order valence-corrected chi connectivity index (χ1v) is 5.22. The standard InChI is InChI=1S/C12H19NO/c1-2-12(10-13)14-9-8-11-6-4-3-5-7-11/h3-7,12H,2,8-10,13H2,1H3. The van der Waals surface area contributed by atoms with Crippen LogP contribution in [0.3, 0.4) is 0 Å². The number of hydrogen-bond donors (Lipinski definition) is 1. The molecule has 0 fully saturated rings. The van der Waals surface area contributed by atoms with Gasteiger partial charge in [-0.05, 0) is 18.4 Å². The fourth-order valence-electron chi connectivity index (χ4n) is 1.34. The smallest absolute Gasteiger partial charge is 0.0694 e. The van der Waals surface area contributed by atoms with E-state index >= 15 is 0 Å².